The van der Waals surface area contributed by atoms with Gasteiger partial charge in [-0.25, -0.2) is 4.68 Å². The molecule has 2 aromatic heterocycles. The van der Waals surface area contributed by atoms with E-state index in [1.54, 1.807) is 4.68 Å². The molecule has 9 heteroatoms. The van der Waals surface area contributed by atoms with E-state index in [1.807, 2.05) is 14.0 Å². The average Bonchev–Trinajstić information content (AvgIpc) is 3.13. The van der Waals surface area contributed by atoms with Gasteiger partial charge < -0.3 is 5.32 Å². The van der Waals surface area contributed by atoms with Gasteiger partial charge in [0.1, 0.15) is 0 Å². The van der Waals surface area contributed by atoms with Crippen LogP contribution < -0.4 is 10.6 Å². The fraction of sp³-hybridized carbons (Fsp3) is 0.700. The zero-order chi connectivity index (χ0) is 20.3. The largest absolute Gasteiger partial charge is 0.317 e. The molecule has 0 bridgehead atoms. The van der Waals surface area contributed by atoms with E-state index >= 15 is 0 Å². The van der Waals surface area contributed by atoms with Crippen LogP contribution in [0.2, 0.25) is 0 Å². The molecule has 1 fully saturated rings. The molecular formula is C20H34ClN7O. The molecule has 1 amide bonds. The molecule has 0 spiro atoms. The zero-order valence-corrected chi connectivity index (χ0v) is 19.0. The maximum atomic E-state index is 12.5. The number of nitrogens with one attached hydrogen (secondary N) is 2. The van der Waals surface area contributed by atoms with Gasteiger partial charge in [0.05, 0.1) is 5.69 Å². The minimum absolute atomic E-state index is 0. The number of carbonyl (C=O) groups excluding carboxylic acids is 1. The van der Waals surface area contributed by atoms with Gasteiger partial charge in [0.15, 0.2) is 5.82 Å². The molecule has 8 nitrogen and oxygen atoms in total. The number of anilines is 1. The minimum Gasteiger partial charge on any atom is -0.317 e. The van der Waals surface area contributed by atoms with Crippen molar-refractivity contribution in [1.82, 2.24) is 29.9 Å². The van der Waals surface area contributed by atoms with Gasteiger partial charge in [0, 0.05) is 31.6 Å². The molecule has 2 aromatic rings. The summed E-state index contributed by atoms with van der Waals surface area (Å²) in [4.78, 5) is 17.1. The van der Waals surface area contributed by atoms with Crippen LogP contribution in [0.1, 0.15) is 61.8 Å². The number of aryl methyl sites for hydroxylation is 2. The molecule has 3 heterocycles. The normalized spacial score (nSPS) is 14.8. The second-order valence-electron chi connectivity index (χ2n) is 8.21. The van der Waals surface area contributed by atoms with E-state index in [-0.39, 0.29) is 18.3 Å². The Morgan fingerprint density at radius 2 is 1.93 bits per heavy atom. The summed E-state index contributed by atoms with van der Waals surface area (Å²) in [6.07, 6.45) is 3.16. The first kappa shape index (κ1) is 23.3. The van der Waals surface area contributed by atoms with Crippen LogP contribution in [-0.2, 0) is 24.8 Å². The fourth-order valence-electron chi connectivity index (χ4n) is 3.81. The number of nitrogens with zero attached hydrogens (tertiary/aromatic N) is 5. The Balaban J connectivity index is 0.00000300. The van der Waals surface area contributed by atoms with Crippen LogP contribution in [0.25, 0.3) is 0 Å². The topological polar surface area (TPSA) is 89.7 Å². The van der Waals surface area contributed by atoms with E-state index < -0.39 is 0 Å². The molecule has 0 atom stereocenters. The number of carbonyl (C=O) groups is 1. The standard InChI is InChI=1S/C20H33N7O.ClH/c1-13(2)12-27-15(4)17(14(3)24-27)6-7-18(28)22-20-23-19(25-26(20)5)16-8-10-21-11-9-16;/h13,16,21H,6-12H2,1-5H3,(H,22,23,25,28);1H. The lowest BCUT2D eigenvalue weighted by atomic mass is 9.98. The molecule has 162 valence electrons. The third-order valence-corrected chi connectivity index (χ3v) is 5.41. The quantitative estimate of drug-likeness (QED) is 0.714. The Kier molecular flexibility index (Phi) is 8.22. The first-order valence-electron chi connectivity index (χ1n) is 10.3. The SMILES string of the molecule is Cc1nn(CC(C)C)c(C)c1CCC(=O)Nc1nc(C2CCNCC2)nn1C.Cl. The number of rotatable bonds is 7. The molecule has 0 aromatic carbocycles. The molecule has 1 saturated heterocycles. The lowest BCUT2D eigenvalue weighted by Gasteiger charge is -2.19. The number of piperidine rings is 1. The molecular weight excluding hydrogens is 390 g/mol. The Labute approximate surface area is 179 Å². The number of hydrogen-bond acceptors (Lipinski definition) is 5. The van der Waals surface area contributed by atoms with Crippen LogP contribution in [0.3, 0.4) is 0 Å². The van der Waals surface area contributed by atoms with Crippen LogP contribution in [-0.4, -0.2) is 43.5 Å². The lowest BCUT2D eigenvalue weighted by molar-refractivity contribution is -0.116. The van der Waals surface area contributed by atoms with Crippen molar-refractivity contribution in [3.63, 3.8) is 0 Å². The van der Waals surface area contributed by atoms with Gasteiger partial charge >= 0.3 is 0 Å². The maximum absolute atomic E-state index is 12.5. The van der Waals surface area contributed by atoms with Crippen LogP contribution >= 0.6 is 12.4 Å². The predicted molar refractivity (Wildman–Crippen MR) is 117 cm³/mol. The minimum atomic E-state index is -0.0391. The van der Waals surface area contributed by atoms with Gasteiger partial charge in [-0.3, -0.25) is 14.8 Å². The van der Waals surface area contributed by atoms with Gasteiger partial charge in [-0.15, -0.1) is 12.4 Å². The van der Waals surface area contributed by atoms with Crippen molar-refractivity contribution in [2.24, 2.45) is 13.0 Å². The summed E-state index contributed by atoms with van der Waals surface area (Å²) in [7, 11) is 1.83. The van der Waals surface area contributed by atoms with E-state index in [0.29, 0.717) is 30.6 Å². The second-order valence-corrected chi connectivity index (χ2v) is 8.21. The zero-order valence-electron chi connectivity index (χ0n) is 18.2. The lowest BCUT2D eigenvalue weighted by Crippen LogP contribution is -2.27. The highest BCUT2D eigenvalue weighted by Gasteiger charge is 2.21. The van der Waals surface area contributed by atoms with Gasteiger partial charge in [-0.2, -0.15) is 15.2 Å². The number of hydrogen-bond donors (Lipinski definition) is 2. The van der Waals surface area contributed by atoms with Gasteiger partial charge in [-0.1, -0.05) is 13.8 Å². The highest BCUT2D eigenvalue weighted by atomic mass is 35.5. The van der Waals surface area contributed by atoms with Crippen molar-refractivity contribution in [2.45, 2.75) is 65.8 Å². The Morgan fingerprint density at radius 3 is 2.59 bits per heavy atom. The van der Waals surface area contributed by atoms with Gasteiger partial charge in [0.25, 0.3) is 0 Å². The predicted octanol–water partition coefficient (Wildman–Crippen LogP) is 2.74. The van der Waals surface area contributed by atoms with Crippen LogP contribution in [0.4, 0.5) is 5.95 Å². The maximum Gasteiger partial charge on any atom is 0.227 e. The Hall–Kier alpha value is -1.93. The van der Waals surface area contributed by atoms with Crippen molar-refractivity contribution in [3.05, 3.63) is 22.8 Å². The second kappa shape index (κ2) is 10.2. The summed E-state index contributed by atoms with van der Waals surface area (Å²) in [5, 5.41) is 15.4. The van der Waals surface area contributed by atoms with Crippen LogP contribution in [0.15, 0.2) is 0 Å². The van der Waals surface area contributed by atoms with E-state index in [0.717, 1.165) is 49.7 Å². The highest BCUT2D eigenvalue weighted by Crippen LogP contribution is 2.23. The number of amides is 1. The summed E-state index contributed by atoms with van der Waals surface area (Å²) in [5.41, 5.74) is 3.34. The van der Waals surface area contributed by atoms with E-state index in [2.05, 4.69) is 51.3 Å². The Morgan fingerprint density at radius 1 is 1.24 bits per heavy atom. The smallest absolute Gasteiger partial charge is 0.227 e. The monoisotopic (exact) mass is 423 g/mol. The Bertz CT molecular complexity index is 821. The molecule has 29 heavy (non-hydrogen) atoms. The van der Waals surface area contributed by atoms with Crippen molar-refractivity contribution >= 4 is 24.3 Å². The molecule has 0 saturated carbocycles. The first-order chi connectivity index (χ1) is 13.3. The molecule has 0 aliphatic carbocycles. The van der Waals surface area contributed by atoms with Crippen LogP contribution in [0, 0.1) is 19.8 Å². The van der Waals surface area contributed by atoms with E-state index in [1.165, 1.54) is 5.56 Å². The summed E-state index contributed by atoms with van der Waals surface area (Å²) in [6, 6.07) is 0. The van der Waals surface area contributed by atoms with Crippen molar-refractivity contribution < 1.29 is 4.79 Å². The average molecular weight is 424 g/mol. The van der Waals surface area contributed by atoms with Gasteiger partial charge in [0.2, 0.25) is 11.9 Å². The van der Waals surface area contributed by atoms with Gasteiger partial charge in [-0.05, 0) is 57.7 Å². The summed E-state index contributed by atoms with van der Waals surface area (Å²) >= 11 is 0. The molecule has 2 N–H and O–H groups in total. The highest BCUT2D eigenvalue weighted by molar-refractivity contribution is 5.89. The number of halogens is 1. The van der Waals surface area contributed by atoms with Crippen LogP contribution in [0.5, 0.6) is 0 Å². The first-order valence-corrected chi connectivity index (χ1v) is 10.3. The molecule has 3 rings (SSSR count). The van der Waals surface area contributed by atoms with E-state index in [9.17, 15) is 4.79 Å². The third-order valence-electron chi connectivity index (χ3n) is 5.41. The molecule has 0 radical (unpaired) electrons. The fourth-order valence-corrected chi connectivity index (χ4v) is 3.81. The van der Waals surface area contributed by atoms with E-state index in [4.69, 9.17) is 0 Å². The van der Waals surface area contributed by atoms with Crippen molar-refractivity contribution in [3.8, 4) is 0 Å². The summed E-state index contributed by atoms with van der Waals surface area (Å²) in [5.74, 6) is 2.24. The summed E-state index contributed by atoms with van der Waals surface area (Å²) < 4.78 is 3.73. The molecule has 1 aliphatic rings. The number of aromatic nitrogens is 5. The van der Waals surface area contributed by atoms with Crippen molar-refractivity contribution in [1.29, 1.82) is 0 Å². The summed E-state index contributed by atoms with van der Waals surface area (Å²) in [6.45, 7) is 11.4. The molecule has 0 unspecified atom stereocenters. The molecule has 1 aliphatic heterocycles. The third kappa shape index (κ3) is 5.79. The van der Waals surface area contributed by atoms with Crippen molar-refractivity contribution in [2.75, 3.05) is 18.4 Å².